The second-order valence-electron chi connectivity index (χ2n) is 11.0. The molecule has 0 spiro atoms. The van der Waals surface area contributed by atoms with Gasteiger partial charge in [-0.25, -0.2) is 0 Å². The number of benzene rings is 2. The SMILES string of the molecule is CC(=O)N1CC[C@H]2CC[C@@H](C(=O)NCc3ccccc3)N2C(=O)[C@@H](NC(=O)c2cc3cc(C(F)(F)P(=O)(O)O)ccc3[nH]2)C1. The molecule has 4 amide bonds. The average Bonchev–Trinajstić information content (AvgIpc) is 3.60. The van der Waals surface area contributed by atoms with Crippen molar-refractivity contribution in [1.29, 1.82) is 0 Å². The molecule has 2 aliphatic heterocycles. The highest BCUT2D eigenvalue weighted by Crippen LogP contribution is 2.59. The van der Waals surface area contributed by atoms with Crippen LogP contribution in [0.25, 0.3) is 10.9 Å². The first-order chi connectivity index (χ1) is 20.8. The molecule has 2 aliphatic rings. The fourth-order valence-corrected chi connectivity index (χ4v) is 6.25. The first kappa shape index (κ1) is 31.3. The molecule has 12 nitrogen and oxygen atoms in total. The van der Waals surface area contributed by atoms with Gasteiger partial charge in [0.05, 0.1) is 0 Å². The summed E-state index contributed by atoms with van der Waals surface area (Å²) in [6.45, 7) is 1.82. The number of aromatic nitrogens is 1. The van der Waals surface area contributed by atoms with Crippen molar-refractivity contribution < 1.29 is 42.3 Å². The first-order valence-electron chi connectivity index (χ1n) is 14.0. The van der Waals surface area contributed by atoms with Crippen molar-refractivity contribution in [3.63, 3.8) is 0 Å². The van der Waals surface area contributed by atoms with E-state index in [-0.39, 0.29) is 47.5 Å². The van der Waals surface area contributed by atoms with E-state index < -0.39 is 42.7 Å². The minimum absolute atomic E-state index is 0.0879. The first-order valence-corrected chi connectivity index (χ1v) is 15.6. The third-order valence-electron chi connectivity index (χ3n) is 8.13. The summed E-state index contributed by atoms with van der Waals surface area (Å²) in [5, 5.41) is 5.61. The highest BCUT2D eigenvalue weighted by molar-refractivity contribution is 7.52. The maximum atomic E-state index is 14.3. The number of H-pyrrole nitrogens is 1. The van der Waals surface area contributed by atoms with Crippen molar-refractivity contribution >= 4 is 42.1 Å². The molecule has 3 atom stereocenters. The monoisotopic (exact) mass is 631 g/mol. The van der Waals surface area contributed by atoms with Crippen LogP contribution in [-0.2, 0) is 31.2 Å². The molecule has 5 rings (SSSR count). The molecule has 234 valence electrons. The molecule has 3 heterocycles. The van der Waals surface area contributed by atoms with E-state index in [9.17, 15) is 32.5 Å². The van der Waals surface area contributed by atoms with Gasteiger partial charge >= 0.3 is 13.3 Å². The zero-order valence-electron chi connectivity index (χ0n) is 23.7. The van der Waals surface area contributed by atoms with Gasteiger partial charge in [0.1, 0.15) is 17.8 Å². The molecule has 5 N–H and O–H groups in total. The van der Waals surface area contributed by atoms with Gasteiger partial charge in [0.15, 0.2) is 0 Å². The fraction of sp³-hybridized carbons (Fsp3) is 0.379. The Kier molecular flexibility index (Phi) is 8.61. The van der Waals surface area contributed by atoms with Gasteiger partial charge in [0.2, 0.25) is 17.7 Å². The summed E-state index contributed by atoms with van der Waals surface area (Å²) in [6.07, 6.45) is 1.44. The summed E-state index contributed by atoms with van der Waals surface area (Å²) in [4.78, 5) is 76.8. The Balaban J connectivity index is 1.37. The molecule has 0 unspecified atom stereocenters. The highest BCUT2D eigenvalue weighted by Gasteiger charge is 2.50. The average molecular weight is 632 g/mol. The molecule has 1 aromatic heterocycles. The lowest BCUT2D eigenvalue weighted by Crippen LogP contribution is -2.61. The van der Waals surface area contributed by atoms with Crippen LogP contribution >= 0.6 is 7.60 Å². The molecule has 0 aliphatic carbocycles. The Morgan fingerprint density at radius 2 is 1.80 bits per heavy atom. The van der Waals surface area contributed by atoms with Crippen molar-refractivity contribution in [2.45, 2.75) is 56.5 Å². The fourth-order valence-electron chi connectivity index (χ4n) is 5.77. The Morgan fingerprint density at radius 1 is 1.07 bits per heavy atom. The summed E-state index contributed by atoms with van der Waals surface area (Å²) in [5.41, 5.74) is -4.32. The van der Waals surface area contributed by atoms with Crippen LogP contribution in [0.4, 0.5) is 8.78 Å². The Bertz CT molecular complexity index is 1640. The molecular weight excluding hydrogens is 599 g/mol. The quantitative estimate of drug-likeness (QED) is 0.249. The van der Waals surface area contributed by atoms with Crippen LogP contribution in [0.3, 0.4) is 0 Å². The van der Waals surface area contributed by atoms with Crippen molar-refractivity contribution in [3.05, 3.63) is 71.4 Å². The Labute approximate surface area is 250 Å². The molecule has 0 radical (unpaired) electrons. The standard InChI is InChI=1S/C29H32F2N5O7P/c1-17(37)35-12-11-21-8-10-25(27(39)32-15-18-5-3-2-4-6-18)36(21)28(40)24(16-35)34-26(38)23-14-19-13-20(7-9-22(19)33-23)29(30,31)44(41,42)43/h2-7,9,13-14,21,24-25,33H,8,10-12,15-16H2,1H3,(H,32,39)(H,34,38)(H2,41,42,43)/t21-,24+,25+/m1/s1. The topological polar surface area (TPSA) is 172 Å². The zero-order valence-corrected chi connectivity index (χ0v) is 24.6. The van der Waals surface area contributed by atoms with Crippen LogP contribution in [0.15, 0.2) is 54.6 Å². The van der Waals surface area contributed by atoms with Crippen molar-refractivity contribution in [1.82, 2.24) is 25.4 Å². The molecule has 2 fully saturated rings. The summed E-state index contributed by atoms with van der Waals surface area (Å²) in [5.74, 6) is -1.90. The maximum absolute atomic E-state index is 14.3. The predicted molar refractivity (Wildman–Crippen MR) is 154 cm³/mol. The molecule has 2 aromatic carbocycles. The van der Waals surface area contributed by atoms with E-state index in [1.165, 1.54) is 22.8 Å². The normalized spacial score (nSPS) is 21.0. The summed E-state index contributed by atoms with van der Waals surface area (Å²) >= 11 is 0. The smallest absolute Gasteiger partial charge is 0.351 e. The molecule has 3 aromatic rings. The molecule has 2 saturated heterocycles. The van der Waals surface area contributed by atoms with E-state index in [4.69, 9.17) is 9.79 Å². The van der Waals surface area contributed by atoms with Crippen molar-refractivity contribution in [2.75, 3.05) is 13.1 Å². The van der Waals surface area contributed by atoms with E-state index in [1.807, 2.05) is 30.3 Å². The van der Waals surface area contributed by atoms with Crippen LogP contribution in [0.5, 0.6) is 0 Å². The number of aromatic amines is 1. The largest absolute Gasteiger partial charge is 0.399 e. The Morgan fingerprint density at radius 3 is 2.48 bits per heavy atom. The number of carbonyl (C=O) groups is 4. The van der Waals surface area contributed by atoms with Gasteiger partial charge in [-0.2, -0.15) is 8.78 Å². The number of nitrogens with one attached hydrogen (secondary N) is 3. The van der Waals surface area contributed by atoms with E-state index in [1.54, 1.807) is 0 Å². The number of hydrogen-bond acceptors (Lipinski definition) is 5. The summed E-state index contributed by atoms with van der Waals surface area (Å²) in [7, 11) is -5.80. The van der Waals surface area contributed by atoms with Gasteiger partial charge in [-0.1, -0.05) is 36.4 Å². The number of carbonyl (C=O) groups excluding carboxylic acids is 4. The lowest BCUT2D eigenvalue weighted by Gasteiger charge is -2.38. The number of rotatable bonds is 7. The van der Waals surface area contributed by atoms with Gasteiger partial charge in [-0.15, -0.1) is 0 Å². The minimum atomic E-state index is -5.80. The van der Waals surface area contributed by atoms with Crippen molar-refractivity contribution in [2.24, 2.45) is 0 Å². The van der Waals surface area contributed by atoms with Gasteiger partial charge in [-0.05, 0) is 43.0 Å². The maximum Gasteiger partial charge on any atom is 0.399 e. The molecular formula is C29H32F2N5O7P. The van der Waals surface area contributed by atoms with Crippen LogP contribution in [0.2, 0.25) is 0 Å². The third kappa shape index (κ3) is 6.23. The molecule has 15 heteroatoms. The third-order valence-corrected chi connectivity index (χ3v) is 9.12. The molecule has 0 saturated carbocycles. The number of fused-ring (bicyclic) bond motifs is 2. The van der Waals surface area contributed by atoms with E-state index in [2.05, 4.69) is 15.6 Å². The lowest BCUT2D eigenvalue weighted by molar-refractivity contribution is -0.145. The van der Waals surface area contributed by atoms with Crippen LogP contribution < -0.4 is 10.6 Å². The molecule has 0 bridgehead atoms. The number of hydrogen-bond donors (Lipinski definition) is 5. The van der Waals surface area contributed by atoms with E-state index >= 15 is 0 Å². The van der Waals surface area contributed by atoms with E-state index in [0.717, 1.165) is 23.8 Å². The number of nitrogens with zero attached hydrogens (tertiary/aromatic N) is 2. The lowest BCUT2D eigenvalue weighted by atomic mass is 10.1. The van der Waals surface area contributed by atoms with E-state index in [0.29, 0.717) is 25.8 Å². The van der Waals surface area contributed by atoms with Gasteiger partial charge in [0, 0.05) is 49.1 Å². The minimum Gasteiger partial charge on any atom is -0.351 e. The van der Waals surface area contributed by atoms with Crippen LogP contribution in [-0.4, -0.2) is 79.4 Å². The van der Waals surface area contributed by atoms with Gasteiger partial charge in [0.25, 0.3) is 5.91 Å². The second-order valence-corrected chi connectivity index (χ2v) is 12.7. The van der Waals surface area contributed by atoms with Crippen molar-refractivity contribution in [3.8, 4) is 0 Å². The predicted octanol–water partition coefficient (Wildman–Crippen LogP) is 2.42. The molecule has 44 heavy (non-hydrogen) atoms. The van der Waals surface area contributed by atoms with Gasteiger partial charge < -0.3 is 35.2 Å². The summed E-state index contributed by atoms with van der Waals surface area (Å²) in [6, 6.07) is 11.1. The van der Waals surface area contributed by atoms with Crippen LogP contribution in [0, 0.1) is 0 Å². The number of alkyl halides is 2. The van der Waals surface area contributed by atoms with Crippen LogP contribution in [0.1, 0.15) is 47.8 Å². The Hall–Kier alpha value is -4.13. The second kappa shape index (κ2) is 12.1. The number of amides is 4. The zero-order chi connectivity index (χ0) is 31.8. The van der Waals surface area contributed by atoms with Gasteiger partial charge in [-0.3, -0.25) is 23.7 Å². The summed E-state index contributed by atoms with van der Waals surface area (Å²) < 4.78 is 39.8. The highest BCUT2D eigenvalue weighted by atomic mass is 31.2. The number of halogens is 2.